The van der Waals surface area contributed by atoms with Gasteiger partial charge in [-0.1, -0.05) is 42.5 Å². The van der Waals surface area contributed by atoms with Crippen molar-refractivity contribution in [1.29, 1.82) is 0 Å². The van der Waals surface area contributed by atoms with Crippen LogP contribution in [0.3, 0.4) is 0 Å². The number of nitrogens with zero attached hydrogens (tertiary/aromatic N) is 2. The zero-order chi connectivity index (χ0) is 19.8. The van der Waals surface area contributed by atoms with Crippen LogP contribution in [0.4, 0.5) is 0 Å². The van der Waals surface area contributed by atoms with Gasteiger partial charge in [0.25, 0.3) is 0 Å². The van der Waals surface area contributed by atoms with Gasteiger partial charge in [0.2, 0.25) is 0 Å². The third kappa shape index (κ3) is 5.73. The van der Waals surface area contributed by atoms with E-state index in [-0.39, 0.29) is 0 Å². The Kier molecular flexibility index (Phi) is 7.31. The van der Waals surface area contributed by atoms with Crippen LogP contribution in [-0.2, 0) is 13.1 Å². The van der Waals surface area contributed by atoms with E-state index in [9.17, 15) is 0 Å². The second-order valence-corrected chi connectivity index (χ2v) is 7.45. The molecule has 1 aliphatic rings. The number of nitrogens with one attached hydrogen (secondary N) is 2. The maximum absolute atomic E-state index is 5.30. The van der Waals surface area contributed by atoms with Gasteiger partial charge in [0.15, 0.2) is 5.96 Å². The molecule has 2 unspecified atom stereocenters. The van der Waals surface area contributed by atoms with Crippen molar-refractivity contribution in [3.8, 4) is 5.75 Å². The van der Waals surface area contributed by atoms with Gasteiger partial charge in [-0.2, -0.15) is 0 Å². The number of benzene rings is 2. The molecule has 0 spiro atoms. The van der Waals surface area contributed by atoms with Gasteiger partial charge in [0.05, 0.1) is 7.11 Å². The van der Waals surface area contributed by atoms with E-state index in [1.807, 2.05) is 25.2 Å². The zero-order valence-electron chi connectivity index (χ0n) is 17.2. The van der Waals surface area contributed by atoms with E-state index in [0.717, 1.165) is 44.2 Å². The van der Waals surface area contributed by atoms with Crippen LogP contribution in [0, 0.1) is 0 Å². The number of guanidine groups is 1. The molecule has 3 rings (SSSR count). The lowest BCUT2D eigenvalue weighted by atomic mass is 9.97. The summed E-state index contributed by atoms with van der Waals surface area (Å²) in [6, 6.07) is 19.8. The van der Waals surface area contributed by atoms with Gasteiger partial charge >= 0.3 is 0 Å². The number of rotatable bonds is 6. The first-order chi connectivity index (χ1) is 13.7. The molecule has 5 nitrogen and oxygen atoms in total. The first kappa shape index (κ1) is 20.2. The molecule has 0 radical (unpaired) electrons. The second kappa shape index (κ2) is 10.1. The van der Waals surface area contributed by atoms with Gasteiger partial charge in [-0.25, -0.2) is 0 Å². The molecule has 0 amide bonds. The number of methoxy groups -OCH3 is 1. The van der Waals surface area contributed by atoms with Crippen LogP contribution in [0.25, 0.3) is 0 Å². The van der Waals surface area contributed by atoms with Crippen molar-refractivity contribution in [2.75, 3.05) is 20.7 Å². The van der Waals surface area contributed by atoms with Gasteiger partial charge in [-0.05, 0) is 43.0 Å². The third-order valence-electron chi connectivity index (χ3n) is 5.40. The minimum Gasteiger partial charge on any atom is -0.497 e. The number of piperidine rings is 1. The largest absolute Gasteiger partial charge is 0.497 e. The van der Waals surface area contributed by atoms with E-state index in [0.29, 0.717) is 12.1 Å². The standard InChI is InChI=1S/C23H32N4O/c1-18-14-21(12-13-27(18)17-19-8-5-4-6-9-19)26-23(24-2)25-16-20-10-7-11-22(15-20)28-3/h4-11,15,18,21H,12-14,16-17H2,1-3H3,(H2,24,25,26). The van der Waals surface area contributed by atoms with Crippen molar-refractivity contribution in [3.63, 3.8) is 0 Å². The number of hydrogen-bond donors (Lipinski definition) is 2. The van der Waals surface area contributed by atoms with E-state index >= 15 is 0 Å². The Balaban J connectivity index is 1.47. The number of aliphatic imine (C=N–C) groups is 1. The molecule has 2 atom stereocenters. The molecule has 0 aromatic heterocycles. The average Bonchev–Trinajstić information content (AvgIpc) is 2.74. The Morgan fingerprint density at radius 3 is 2.64 bits per heavy atom. The van der Waals surface area contributed by atoms with Crippen LogP contribution >= 0.6 is 0 Å². The van der Waals surface area contributed by atoms with Crippen LogP contribution in [-0.4, -0.2) is 43.6 Å². The topological polar surface area (TPSA) is 48.9 Å². The molecule has 2 aromatic carbocycles. The highest BCUT2D eigenvalue weighted by molar-refractivity contribution is 5.80. The molecule has 1 fully saturated rings. The van der Waals surface area contributed by atoms with Crippen molar-refractivity contribution in [2.24, 2.45) is 4.99 Å². The monoisotopic (exact) mass is 380 g/mol. The van der Waals surface area contributed by atoms with E-state index in [1.165, 1.54) is 11.1 Å². The fraction of sp³-hybridized carbons (Fsp3) is 0.435. The highest BCUT2D eigenvalue weighted by atomic mass is 16.5. The van der Waals surface area contributed by atoms with Gasteiger partial charge in [-0.15, -0.1) is 0 Å². The Morgan fingerprint density at radius 1 is 1.14 bits per heavy atom. The van der Waals surface area contributed by atoms with Crippen LogP contribution < -0.4 is 15.4 Å². The van der Waals surface area contributed by atoms with Crippen LogP contribution in [0.2, 0.25) is 0 Å². The smallest absolute Gasteiger partial charge is 0.191 e. The molecule has 0 aliphatic carbocycles. The van der Waals surface area contributed by atoms with Gasteiger partial charge in [0, 0.05) is 38.8 Å². The summed E-state index contributed by atoms with van der Waals surface area (Å²) in [5, 5.41) is 7.02. The number of hydrogen-bond acceptors (Lipinski definition) is 3. The summed E-state index contributed by atoms with van der Waals surface area (Å²) in [6.07, 6.45) is 2.24. The summed E-state index contributed by atoms with van der Waals surface area (Å²) in [4.78, 5) is 6.97. The van der Waals surface area contributed by atoms with Gasteiger partial charge < -0.3 is 15.4 Å². The van der Waals surface area contributed by atoms with Crippen LogP contribution in [0.5, 0.6) is 5.75 Å². The Hall–Kier alpha value is -2.53. The lowest BCUT2D eigenvalue weighted by Crippen LogP contribution is -2.51. The van der Waals surface area contributed by atoms with Crippen molar-refractivity contribution in [1.82, 2.24) is 15.5 Å². The van der Waals surface area contributed by atoms with E-state index in [4.69, 9.17) is 4.74 Å². The molecule has 1 saturated heterocycles. The Labute approximate surface area is 168 Å². The zero-order valence-corrected chi connectivity index (χ0v) is 17.2. The molecule has 0 saturated carbocycles. The summed E-state index contributed by atoms with van der Waals surface area (Å²) < 4.78 is 5.30. The van der Waals surface area contributed by atoms with Crippen molar-refractivity contribution in [3.05, 3.63) is 65.7 Å². The maximum atomic E-state index is 5.30. The molecule has 150 valence electrons. The highest BCUT2D eigenvalue weighted by Crippen LogP contribution is 2.20. The number of ether oxygens (including phenoxy) is 1. The Morgan fingerprint density at radius 2 is 1.93 bits per heavy atom. The average molecular weight is 381 g/mol. The van der Waals surface area contributed by atoms with Crippen molar-refractivity contribution >= 4 is 5.96 Å². The van der Waals surface area contributed by atoms with Gasteiger partial charge in [-0.3, -0.25) is 9.89 Å². The normalized spacial score (nSPS) is 20.6. The molecule has 1 aliphatic heterocycles. The quantitative estimate of drug-likeness (QED) is 0.596. The molecule has 28 heavy (non-hydrogen) atoms. The summed E-state index contributed by atoms with van der Waals surface area (Å²) in [6.45, 7) is 5.17. The lowest BCUT2D eigenvalue weighted by molar-refractivity contribution is 0.134. The minimum atomic E-state index is 0.443. The molecule has 1 heterocycles. The van der Waals surface area contributed by atoms with Crippen LogP contribution in [0.15, 0.2) is 59.6 Å². The van der Waals surface area contributed by atoms with Crippen molar-refractivity contribution in [2.45, 2.75) is 44.9 Å². The lowest BCUT2D eigenvalue weighted by Gasteiger charge is -2.38. The summed E-state index contributed by atoms with van der Waals surface area (Å²) in [7, 11) is 3.52. The SMILES string of the molecule is CN=C(NCc1cccc(OC)c1)NC1CCN(Cc2ccccc2)C(C)C1. The molecule has 2 aromatic rings. The molecular weight excluding hydrogens is 348 g/mol. The van der Waals surface area contributed by atoms with E-state index in [1.54, 1.807) is 7.11 Å². The second-order valence-electron chi connectivity index (χ2n) is 7.45. The fourth-order valence-electron chi connectivity index (χ4n) is 3.76. The first-order valence-electron chi connectivity index (χ1n) is 10.1. The highest BCUT2D eigenvalue weighted by Gasteiger charge is 2.25. The Bertz CT molecular complexity index is 762. The predicted octanol–water partition coefficient (Wildman–Crippen LogP) is 3.41. The first-order valence-corrected chi connectivity index (χ1v) is 10.1. The minimum absolute atomic E-state index is 0.443. The summed E-state index contributed by atoms with van der Waals surface area (Å²) in [5.41, 5.74) is 2.56. The van der Waals surface area contributed by atoms with E-state index in [2.05, 4.69) is 63.8 Å². The molecule has 0 bridgehead atoms. The number of likely N-dealkylation sites (tertiary alicyclic amines) is 1. The maximum Gasteiger partial charge on any atom is 0.191 e. The predicted molar refractivity (Wildman–Crippen MR) is 116 cm³/mol. The summed E-state index contributed by atoms with van der Waals surface area (Å²) in [5.74, 6) is 1.73. The van der Waals surface area contributed by atoms with Gasteiger partial charge in [0.1, 0.15) is 5.75 Å². The van der Waals surface area contributed by atoms with Crippen LogP contribution in [0.1, 0.15) is 30.9 Å². The van der Waals surface area contributed by atoms with E-state index < -0.39 is 0 Å². The summed E-state index contributed by atoms with van der Waals surface area (Å²) >= 11 is 0. The van der Waals surface area contributed by atoms with Crippen molar-refractivity contribution < 1.29 is 4.74 Å². The fourth-order valence-corrected chi connectivity index (χ4v) is 3.76. The third-order valence-corrected chi connectivity index (χ3v) is 5.40. The molecular formula is C23H32N4O. The molecule has 5 heteroatoms. The molecule has 2 N–H and O–H groups in total.